The van der Waals surface area contributed by atoms with Crippen LogP contribution >= 0.6 is 0 Å². The summed E-state index contributed by atoms with van der Waals surface area (Å²) in [5.41, 5.74) is 5.06. The lowest BCUT2D eigenvalue weighted by atomic mass is 10.0. The van der Waals surface area contributed by atoms with Gasteiger partial charge in [0.15, 0.2) is 0 Å². The molecule has 0 rings (SSSR count). The van der Waals surface area contributed by atoms with E-state index < -0.39 is 5.54 Å². The Kier molecular flexibility index (Phi) is 6.52. The fourth-order valence-corrected chi connectivity index (χ4v) is 1.22. The summed E-state index contributed by atoms with van der Waals surface area (Å²) < 4.78 is 0. The molecule has 3 heteroatoms. The summed E-state index contributed by atoms with van der Waals surface area (Å²) in [4.78, 5) is 2.25. The van der Waals surface area contributed by atoms with Gasteiger partial charge in [0.05, 0.1) is 6.07 Å². The molecule has 0 amide bonds. The van der Waals surface area contributed by atoms with E-state index in [0.29, 0.717) is 0 Å². The third-order valence-corrected chi connectivity index (χ3v) is 2.41. The fourth-order valence-electron chi connectivity index (χ4n) is 1.22. The van der Waals surface area contributed by atoms with Crippen molar-refractivity contribution in [3.63, 3.8) is 0 Å². The highest BCUT2D eigenvalue weighted by Crippen LogP contribution is 2.05. The maximum Gasteiger partial charge on any atom is 0.102 e. The zero-order valence-corrected chi connectivity index (χ0v) is 9.71. The van der Waals surface area contributed by atoms with E-state index in [-0.39, 0.29) is 0 Å². The van der Waals surface area contributed by atoms with Crippen LogP contribution < -0.4 is 5.73 Å². The quantitative estimate of drug-likeness (QED) is 0.632. The van der Waals surface area contributed by atoms with Crippen molar-refractivity contribution in [3.05, 3.63) is 0 Å². The Morgan fingerprint density at radius 3 is 2.50 bits per heavy atom. The van der Waals surface area contributed by atoms with Gasteiger partial charge in [0.25, 0.3) is 0 Å². The number of nitriles is 1. The van der Waals surface area contributed by atoms with Gasteiger partial charge in [-0.05, 0) is 33.4 Å². The van der Waals surface area contributed by atoms with Gasteiger partial charge in [-0.2, -0.15) is 5.26 Å². The average molecular weight is 197 g/mol. The van der Waals surface area contributed by atoms with Crippen LogP contribution in [0.25, 0.3) is 0 Å². The summed E-state index contributed by atoms with van der Waals surface area (Å²) in [7, 11) is 2.09. The molecule has 0 aliphatic rings. The van der Waals surface area contributed by atoms with E-state index in [0.717, 1.165) is 19.5 Å². The second kappa shape index (κ2) is 6.80. The van der Waals surface area contributed by atoms with Crippen molar-refractivity contribution >= 4 is 0 Å². The molecule has 0 aromatic rings. The van der Waals surface area contributed by atoms with Crippen LogP contribution in [-0.4, -0.2) is 30.6 Å². The SMILES string of the molecule is CCCCCN(C)CCC(C)(N)C#N. The van der Waals surface area contributed by atoms with Gasteiger partial charge >= 0.3 is 0 Å². The van der Waals surface area contributed by atoms with Crippen LogP contribution in [0, 0.1) is 11.3 Å². The normalized spacial score (nSPS) is 15.1. The lowest BCUT2D eigenvalue weighted by Gasteiger charge is -2.21. The lowest BCUT2D eigenvalue weighted by molar-refractivity contribution is 0.300. The highest BCUT2D eigenvalue weighted by atomic mass is 15.1. The monoisotopic (exact) mass is 197 g/mol. The van der Waals surface area contributed by atoms with Gasteiger partial charge in [0.1, 0.15) is 5.54 Å². The third-order valence-electron chi connectivity index (χ3n) is 2.41. The van der Waals surface area contributed by atoms with Crippen molar-refractivity contribution < 1.29 is 0 Å². The Morgan fingerprint density at radius 1 is 1.36 bits per heavy atom. The fraction of sp³-hybridized carbons (Fsp3) is 0.909. The topological polar surface area (TPSA) is 53.0 Å². The van der Waals surface area contributed by atoms with Crippen LogP contribution in [-0.2, 0) is 0 Å². The third kappa shape index (κ3) is 6.88. The summed E-state index contributed by atoms with van der Waals surface area (Å²) >= 11 is 0. The maximum atomic E-state index is 8.73. The van der Waals surface area contributed by atoms with Crippen LogP contribution in [0.5, 0.6) is 0 Å². The average Bonchev–Trinajstić information content (AvgIpc) is 2.16. The van der Waals surface area contributed by atoms with E-state index in [1.54, 1.807) is 6.92 Å². The van der Waals surface area contributed by atoms with E-state index >= 15 is 0 Å². The molecular weight excluding hydrogens is 174 g/mol. The van der Waals surface area contributed by atoms with E-state index in [2.05, 4.69) is 24.9 Å². The van der Waals surface area contributed by atoms with Gasteiger partial charge in [-0.15, -0.1) is 0 Å². The zero-order valence-electron chi connectivity index (χ0n) is 9.71. The molecule has 2 N–H and O–H groups in total. The van der Waals surface area contributed by atoms with Crippen LogP contribution in [0.3, 0.4) is 0 Å². The molecule has 0 aliphatic heterocycles. The molecule has 0 bridgehead atoms. The molecule has 0 saturated carbocycles. The summed E-state index contributed by atoms with van der Waals surface area (Å²) in [6.07, 6.45) is 4.51. The first-order valence-electron chi connectivity index (χ1n) is 5.40. The summed E-state index contributed by atoms with van der Waals surface area (Å²) in [5, 5.41) is 8.73. The standard InChI is InChI=1S/C11H23N3/c1-4-5-6-8-14(3)9-7-11(2,13)10-12/h4-9,13H2,1-3H3. The van der Waals surface area contributed by atoms with E-state index in [1.807, 2.05) is 0 Å². The van der Waals surface area contributed by atoms with Gasteiger partial charge in [0, 0.05) is 6.54 Å². The highest BCUT2D eigenvalue weighted by Gasteiger charge is 2.17. The lowest BCUT2D eigenvalue weighted by Crippen LogP contribution is -2.38. The predicted octanol–water partition coefficient (Wildman–Crippen LogP) is 1.74. The molecule has 0 aromatic carbocycles. The number of hydrogen-bond acceptors (Lipinski definition) is 3. The van der Waals surface area contributed by atoms with Crippen LogP contribution in [0.2, 0.25) is 0 Å². The molecule has 0 heterocycles. The number of hydrogen-bond donors (Lipinski definition) is 1. The van der Waals surface area contributed by atoms with Crippen LogP contribution in [0.15, 0.2) is 0 Å². The molecule has 0 radical (unpaired) electrons. The molecule has 82 valence electrons. The van der Waals surface area contributed by atoms with Crippen molar-refractivity contribution in [1.82, 2.24) is 4.90 Å². The van der Waals surface area contributed by atoms with Gasteiger partial charge in [-0.25, -0.2) is 0 Å². The van der Waals surface area contributed by atoms with E-state index in [9.17, 15) is 0 Å². The molecule has 14 heavy (non-hydrogen) atoms. The van der Waals surface area contributed by atoms with Gasteiger partial charge in [-0.1, -0.05) is 19.8 Å². The summed E-state index contributed by atoms with van der Waals surface area (Å²) in [6.45, 7) is 6.00. The van der Waals surface area contributed by atoms with E-state index in [1.165, 1.54) is 19.3 Å². The number of nitrogens with zero attached hydrogens (tertiary/aromatic N) is 2. The Bertz CT molecular complexity index is 181. The molecule has 0 fully saturated rings. The van der Waals surface area contributed by atoms with Crippen LogP contribution in [0.4, 0.5) is 0 Å². The minimum atomic E-state index is -0.668. The Labute approximate surface area is 87.9 Å². The first-order valence-corrected chi connectivity index (χ1v) is 5.40. The smallest absolute Gasteiger partial charge is 0.102 e. The first kappa shape index (κ1) is 13.4. The molecular formula is C11H23N3. The molecule has 0 spiro atoms. The Hall–Kier alpha value is -0.590. The first-order chi connectivity index (χ1) is 6.52. The van der Waals surface area contributed by atoms with Crippen molar-refractivity contribution in [2.45, 2.75) is 45.1 Å². The van der Waals surface area contributed by atoms with Crippen LogP contribution in [0.1, 0.15) is 39.5 Å². The van der Waals surface area contributed by atoms with Crippen molar-refractivity contribution in [1.29, 1.82) is 5.26 Å². The Balaban J connectivity index is 3.54. The second-order valence-electron chi connectivity index (χ2n) is 4.29. The predicted molar refractivity (Wildman–Crippen MR) is 59.8 cm³/mol. The molecule has 1 unspecified atom stereocenters. The molecule has 1 atom stereocenters. The number of unbranched alkanes of at least 4 members (excludes halogenated alkanes) is 2. The van der Waals surface area contributed by atoms with Gasteiger partial charge < -0.3 is 10.6 Å². The molecule has 3 nitrogen and oxygen atoms in total. The summed E-state index contributed by atoms with van der Waals surface area (Å²) in [6, 6.07) is 2.12. The number of nitrogens with two attached hydrogens (primary N) is 1. The minimum Gasteiger partial charge on any atom is -0.314 e. The maximum absolute atomic E-state index is 8.73. The molecule has 0 aromatic heterocycles. The zero-order chi connectivity index (χ0) is 11.0. The van der Waals surface area contributed by atoms with Gasteiger partial charge in [-0.3, -0.25) is 0 Å². The molecule has 0 saturated heterocycles. The summed E-state index contributed by atoms with van der Waals surface area (Å²) in [5.74, 6) is 0. The van der Waals surface area contributed by atoms with E-state index in [4.69, 9.17) is 11.0 Å². The minimum absolute atomic E-state index is 0.668. The Morgan fingerprint density at radius 2 is 2.00 bits per heavy atom. The van der Waals surface area contributed by atoms with Crippen molar-refractivity contribution in [3.8, 4) is 6.07 Å². The van der Waals surface area contributed by atoms with Crippen molar-refractivity contribution in [2.75, 3.05) is 20.1 Å². The number of rotatable bonds is 7. The largest absolute Gasteiger partial charge is 0.314 e. The highest BCUT2D eigenvalue weighted by molar-refractivity contribution is 5.00. The van der Waals surface area contributed by atoms with Crippen molar-refractivity contribution in [2.24, 2.45) is 5.73 Å². The molecule has 0 aliphatic carbocycles. The van der Waals surface area contributed by atoms with Gasteiger partial charge in [0.2, 0.25) is 0 Å². The second-order valence-corrected chi connectivity index (χ2v) is 4.29.